The van der Waals surface area contributed by atoms with Gasteiger partial charge >= 0.3 is 0 Å². The van der Waals surface area contributed by atoms with Crippen LogP contribution in [0.25, 0.3) is 0 Å². The highest BCUT2D eigenvalue weighted by atomic mass is 32.2. The number of aliphatic imine (C=N–C) groups is 1. The van der Waals surface area contributed by atoms with E-state index in [1.54, 1.807) is 18.3 Å². The number of sulfonamides is 1. The van der Waals surface area contributed by atoms with E-state index in [-0.39, 0.29) is 12.0 Å². The van der Waals surface area contributed by atoms with Crippen LogP contribution < -0.4 is 11.1 Å². The third kappa shape index (κ3) is 3.91. The molecule has 1 aromatic rings. The van der Waals surface area contributed by atoms with Gasteiger partial charge in [-0.15, -0.1) is 0 Å². The Morgan fingerprint density at radius 1 is 1.60 bits per heavy atom. The van der Waals surface area contributed by atoms with Gasteiger partial charge in [0, 0.05) is 18.8 Å². The van der Waals surface area contributed by atoms with Gasteiger partial charge in [-0.3, -0.25) is 4.99 Å². The molecule has 110 valence electrons. The van der Waals surface area contributed by atoms with E-state index >= 15 is 0 Å². The lowest BCUT2D eigenvalue weighted by atomic mass is 10.2. The van der Waals surface area contributed by atoms with Gasteiger partial charge in [-0.2, -0.15) is 4.31 Å². The zero-order chi connectivity index (χ0) is 14.6. The fourth-order valence-electron chi connectivity index (χ4n) is 2.24. The molecule has 3 N–H and O–H groups in total. The summed E-state index contributed by atoms with van der Waals surface area (Å²) < 4.78 is 24.7. The number of nitrogens with two attached hydrogens (primary N) is 1. The maximum Gasteiger partial charge on any atom is 0.211 e. The molecule has 1 aliphatic rings. The van der Waals surface area contributed by atoms with Gasteiger partial charge in [0.2, 0.25) is 10.0 Å². The zero-order valence-electron chi connectivity index (χ0n) is 11.4. The molecular weight excluding hydrogens is 278 g/mol. The number of hydrogen-bond donors (Lipinski definition) is 2. The summed E-state index contributed by atoms with van der Waals surface area (Å²) in [6.07, 6.45) is 4.55. The topological polar surface area (TPSA) is 101 Å². The van der Waals surface area contributed by atoms with Crippen LogP contribution in [-0.2, 0) is 10.0 Å². The van der Waals surface area contributed by atoms with E-state index in [1.165, 1.54) is 10.6 Å². The molecule has 2 rings (SSSR count). The summed E-state index contributed by atoms with van der Waals surface area (Å²) >= 11 is 0. The van der Waals surface area contributed by atoms with Crippen molar-refractivity contribution in [3.05, 3.63) is 24.4 Å². The molecule has 0 saturated carbocycles. The Morgan fingerprint density at radius 2 is 2.40 bits per heavy atom. The van der Waals surface area contributed by atoms with Crippen LogP contribution in [0.1, 0.15) is 12.8 Å². The van der Waals surface area contributed by atoms with Crippen molar-refractivity contribution >= 4 is 21.8 Å². The Balaban J connectivity index is 1.95. The van der Waals surface area contributed by atoms with Gasteiger partial charge in [0.05, 0.1) is 12.8 Å². The number of aromatic nitrogens is 1. The van der Waals surface area contributed by atoms with Crippen molar-refractivity contribution in [2.45, 2.75) is 18.9 Å². The molecule has 1 saturated heterocycles. The van der Waals surface area contributed by atoms with Crippen LogP contribution in [0.2, 0.25) is 0 Å². The van der Waals surface area contributed by atoms with Gasteiger partial charge in [-0.05, 0) is 25.0 Å². The van der Waals surface area contributed by atoms with E-state index in [0.29, 0.717) is 18.9 Å². The van der Waals surface area contributed by atoms with Gasteiger partial charge in [0.15, 0.2) is 5.96 Å². The summed E-state index contributed by atoms with van der Waals surface area (Å²) in [4.78, 5) is 8.28. The first-order valence-corrected chi connectivity index (χ1v) is 8.26. The highest BCUT2D eigenvalue weighted by molar-refractivity contribution is 7.88. The van der Waals surface area contributed by atoms with E-state index in [0.717, 1.165) is 12.8 Å². The average molecular weight is 297 g/mol. The molecule has 1 fully saturated rings. The predicted octanol–water partition coefficient (Wildman–Crippen LogP) is 0.232. The van der Waals surface area contributed by atoms with Crippen LogP contribution in [0.3, 0.4) is 0 Å². The lowest BCUT2D eigenvalue weighted by Crippen LogP contribution is -2.37. The van der Waals surface area contributed by atoms with E-state index in [9.17, 15) is 8.42 Å². The Hall–Kier alpha value is -1.67. The molecule has 0 aromatic carbocycles. The first kappa shape index (κ1) is 14.7. The lowest BCUT2D eigenvalue weighted by molar-refractivity contribution is 0.397. The van der Waals surface area contributed by atoms with Crippen molar-refractivity contribution in [3.63, 3.8) is 0 Å². The normalized spacial score (nSPS) is 21.1. The Labute approximate surface area is 119 Å². The van der Waals surface area contributed by atoms with Gasteiger partial charge < -0.3 is 11.1 Å². The Kier molecular flexibility index (Phi) is 4.56. The number of anilines is 1. The minimum Gasteiger partial charge on any atom is -0.370 e. The monoisotopic (exact) mass is 297 g/mol. The van der Waals surface area contributed by atoms with Gasteiger partial charge in [0.1, 0.15) is 5.82 Å². The number of rotatable bonds is 4. The van der Waals surface area contributed by atoms with Crippen LogP contribution in [0.4, 0.5) is 5.82 Å². The fraction of sp³-hybridized carbons (Fsp3) is 0.500. The van der Waals surface area contributed by atoms with Crippen LogP contribution in [0.15, 0.2) is 29.4 Å². The number of pyridine rings is 1. The van der Waals surface area contributed by atoms with Crippen LogP contribution in [0, 0.1) is 0 Å². The van der Waals surface area contributed by atoms with Crippen molar-refractivity contribution in [3.8, 4) is 0 Å². The molecule has 7 nitrogen and oxygen atoms in total. The highest BCUT2D eigenvalue weighted by Crippen LogP contribution is 2.20. The number of hydrogen-bond acceptors (Lipinski definition) is 4. The summed E-state index contributed by atoms with van der Waals surface area (Å²) in [6.45, 7) is 0.922. The summed E-state index contributed by atoms with van der Waals surface area (Å²) in [7, 11) is -3.17. The fourth-order valence-corrected chi connectivity index (χ4v) is 3.41. The van der Waals surface area contributed by atoms with Crippen molar-refractivity contribution in [1.82, 2.24) is 9.29 Å². The predicted molar refractivity (Wildman–Crippen MR) is 78.9 cm³/mol. The van der Waals surface area contributed by atoms with Crippen molar-refractivity contribution < 1.29 is 8.42 Å². The molecule has 8 heteroatoms. The second-order valence-electron chi connectivity index (χ2n) is 4.74. The molecule has 20 heavy (non-hydrogen) atoms. The van der Waals surface area contributed by atoms with E-state index in [2.05, 4.69) is 15.3 Å². The second-order valence-corrected chi connectivity index (χ2v) is 6.67. The number of nitrogens with one attached hydrogen (secondary N) is 1. The molecule has 0 amide bonds. The third-order valence-electron chi connectivity index (χ3n) is 3.14. The van der Waals surface area contributed by atoms with Gasteiger partial charge in [-0.25, -0.2) is 13.4 Å². The molecule has 1 atom stereocenters. The maximum atomic E-state index is 11.6. The largest absolute Gasteiger partial charge is 0.370 e. The minimum absolute atomic E-state index is 0.103. The van der Waals surface area contributed by atoms with Crippen LogP contribution in [-0.4, -0.2) is 49.1 Å². The minimum atomic E-state index is -3.17. The molecule has 1 aromatic heterocycles. The average Bonchev–Trinajstić information content (AvgIpc) is 2.86. The molecule has 2 heterocycles. The molecule has 0 bridgehead atoms. The SMILES string of the molecule is CS(=O)(=O)N1CCC[C@@H]1CN=C(N)Nc1ccccn1. The van der Waals surface area contributed by atoms with Crippen molar-refractivity contribution in [1.29, 1.82) is 0 Å². The Morgan fingerprint density at radius 3 is 3.05 bits per heavy atom. The summed E-state index contributed by atoms with van der Waals surface area (Å²) in [6, 6.07) is 5.32. The molecular formula is C12H19N5O2S. The Bertz CT molecular complexity index is 573. The maximum absolute atomic E-state index is 11.6. The number of guanidine groups is 1. The smallest absolute Gasteiger partial charge is 0.211 e. The van der Waals surface area contributed by atoms with Crippen molar-refractivity contribution in [2.24, 2.45) is 10.7 Å². The molecule has 0 aliphatic carbocycles. The standard InChI is InChI=1S/C12H19N5O2S/c1-20(18,19)17-8-4-5-10(17)9-15-12(13)16-11-6-2-3-7-14-11/h2-3,6-7,10H,4-5,8-9H2,1H3,(H3,13,14,15,16)/t10-/m1/s1. The summed E-state index contributed by atoms with van der Waals surface area (Å²) in [5, 5.41) is 2.87. The second kappa shape index (κ2) is 6.19. The first-order valence-electron chi connectivity index (χ1n) is 6.41. The molecule has 0 radical (unpaired) electrons. The third-order valence-corrected chi connectivity index (χ3v) is 4.48. The zero-order valence-corrected chi connectivity index (χ0v) is 12.2. The van der Waals surface area contributed by atoms with E-state index in [4.69, 9.17) is 5.73 Å². The van der Waals surface area contributed by atoms with E-state index in [1.807, 2.05) is 6.07 Å². The summed E-state index contributed by atoms with van der Waals surface area (Å²) in [5.41, 5.74) is 5.77. The van der Waals surface area contributed by atoms with Crippen LogP contribution >= 0.6 is 0 Å². The van der Waals surface area contributed by atoms with Crippen molar-refractivity contribution in [2.75, 3.05) is 24.7 Å². The quantitative estimate of drug-likeness (QED) is 0.612. The summed E-state index contributed by atoms with van der Waals surface area (Å²) in [5.74, 6) is 0.851. The number of nitrogens with zero attached hydrogens (tertiary/aromatic N) is 3. The molecule has 0 spiro atoms. The molecule has 1 aliphatic heterocycles. The van der Waals surface area contributed by atoms with E-state index < -0.39 is 10.0 Å². The van der Waals surface area contributed by atoms with Crippen LogP contribution in [0.5, 0.6) is 0 Å². The first-order chi connectivity index (χ1) is 9.47. The van der Waals surface area contributed by atoms with Gasteiger partial charge in [-0.1, -0.05) is 6.07 Å². The van der Waals surface area contributed by atoms with Gasteiger partial charge in [0.25, 0.3) is 0 Å². The highest BCUT2D eigenvalue weighted by Gasteiger charge is 2.30. The lowest BCUT2D eigenvalue weighted by Gasteiger charge is -2.20. The molecule has 0 unspecified atom stereocenters.